The fourth-order valence-corrected chi connectivity index (χ4v) is 9.84. The second-order valence-corrected chi connectivity index (χ2v) is 19.6. The molecule has 0 amide bonds. The molecule has 0 fully saturated rings. The summed E-state index contributed by atoms with van der Waals surface area (Å²) < 4.78 is 6.18. The molecule has 0 radical (unpaired) electrons. The van der Waals surface area contributed by atoms with Gasteiger partial charge in [-0.25, -0.2) is 9.97 Å². The van der Waals surface area contributed by atoms with Crippen molar-refractivity contribution in [3.8, 4) is 28.3 Å². The van der Waals surface area contributed by atoms with Crippen LogP contribution in [-0.4, -0.2) is 16.6 Å². The van der Waals surface area contributed by atoms with Crippen LogP contribution in [0.4, 0.5) is 0 Å². The molecule has 4 aromatic rings. The first-order valence-corrected chi connectivity index (χ1v) is 27.8. The van der Waals surface area contributed by atoms with E-state index in [1.54, 1.807) is 11.3 Å². The van der Waals surface area contributed by atoms with Gasteiger partial charge in [0.05, 0.1) is 18.0 Å². The Hall–Kier alpha value is -2.72. The summed E-state index contributed by atoms with van der Waals surface area (Å²) in [5.41, 5.74) is 7.49. The quantitative estimate of drug-likeness (QED) is 0.0417. The molecule has 0 spiro atoms. The number of nitrogens with zero attached hydrogens (tertiary/aromatic N) is 2. The Balaban J connectivity index is 1.04. The molecule has 2 aromatic heterocycles. The highest BCUT2D eigenvalue weighted by atomic mass is 32.1. The highest BCUT2D eigenvalue weighted by molar-refractivity contribution is 7.09. The number of unbranched alkanes of at least 4 members (excludes halogenated alkanes) is 34. The number of rotatable bonds is 41. The predicted octanol–water partition coefficient (Wildman–Crippen LogP) is 20.0. The lowest BCUT2D eigenvalue weighted by atomic mass is 10.00. The van der Waals surface area contributed by atoms with Crippen molar-refractivity contribution >= 4 is 22.4 Å². The van der Waals surface area contributed by atoms with Gasteiger partial charge in [0.15, 0.2) is 0 Å². The van der Waals surface area contributed by atoms with Gasteiger partial charge in [-0.1, -0.05) is 256 Å². The van der Waals surface area contributed by atoms with Crippen LogP contribution < -0.4 is 4.74 Å². The second kappa shape index (κ2) is 35.6. The third kappa shape index (κ3) is 23.3. The number of fused-ring (bicyclic) bond motifs is 1. The maximum Gasteiger partial charge on any atom is 0.119 e. The molecule has 0 unspecified atom stereocenters. The van der Waals surface area contributed by atoms with Crippen molar-refractivity contribution in [1.29, 1.82) is 0 Å². The minimum Gasteiger partial charge on any atom is -0.494 e. The van der Waals surface area contributed by atoms with Gasteiger partial charge < -0.3 is 4.74 Å². The zero-order valence-corrected chi connectivity index (χ0v) is 41.2. The molecule has 3 nitrogen and oxygen atoms in total. The van der Waals surface area contributed by atoms with E-state index >= 15 is 0 Å². The summed E-state index contributed by atoms with van der Waals surface area (Å²) in [6, 6.07) is 17.7. The van der Waals surface area contributed by atoms with Gasteiger partial charge in [0.25, 0.3) is 0 Å². The van der Waals surface area contributed by atoms with Crippen molar-refractivity contribution in [2.24, 2.45) is 0 Å². The molecule has 0 bridgehead atoms. The Kier molecular flexibility index (Phi) is 29.8. The number of hydrogen-bond donors (Lipinski definition) is 0. The molecular formula is C58H92N2OS. The van der Waals surface area contributed by atoms with E-state index in [2.05, 4.69) is 73.1 Å². The van der Waals surface area contributed by atoms with Gasteiger partial charge in [0.1, 0.15) is 16.8 Å². The molecule has 2 aromatic carbocycles. The zero-order valence-electron chi connectivity index (χ0n) is 40.4. The van der Waals surface area contributed by atoms with Gasteiger partial charge in [0.2, 0.25) is 0 Å². The maximum atomic E-state index is 6.18. The summed E-state index contributed by atoms with van der Waals surface area (Å²) in [5.74, 6) is 0.941. The highest BCUT2D eigenvalue weighted by Gasteiger charge is 2.14. The van der Waals surface area contributed by atoms with Crippen LogP contribution in [-0.2, 0) is 6.42 Å². The fraction of sp³-hybridized carbons (Fsp3) is 0.690. The molecule has 0 atom stereocenters. The van der Waals surface area contributed by atoms with Gasteiger partial charge in [-0.3, -0.25) is 0 Å². The minimum atomic E-state index is 0.788. The Morgan fingerprint density at radius 2 is 0.661 bits per heavy atom. The standard InChI is InChI=1S/C58H92N2OS/c1-3-5-7-9-11-13-15-17-19-21-23-25-27-29-31-33-35-37-39-51-40-42-52(43-41-51)57-58(60-56-50-62-49-55(56)59-57)53-44-46-54(47-45-53)61-48-38-36-34-32-30-28-26-24-22-20-18-16-14-12-10-8-6-4-2/h40-47,49-50H,3-39,48H2,1-2H3. The number of thiophene rings is 1. The summed E-state index contributed by atoms with van der Waals surface area (Å²) in [7, 11) is 0. The summed E-state index contributed by atoms with van der Waals surface area (Å²) in [5, 5.41) is 4.22. The molecule has 0 N–H and O–H groups in total. The highest BCUT2D eigenvalue weighted by Crippen LogP contribution is 2.33. The molecular weight excluding hydrogens is 773 g/mol. The average molecular weight is 865 g/mol. The SMILES string of the molecule is CCCCCCCCCCCCCCCCCCCCOc1ccc(-c2nc3cscc3nc2-c2ccc(CCCCCCCCCCCCCCCCCCCC)cc2)cc1. The first kappa shape index (κ1) is 51.9. The Bertz CT molecular complexity index is 1610. The van der Waals surface area contributed by atoms with E-state index in [9.17, 15) is 0 Å². The van der Waals surface area contributed by atoms with Crippen molar-refractivity contribution in [2.75, 3.05) is 6.61 Å². The van der Waals surface area contributed by atoms with Gasteiger partial charge >= 0.3 is 0 Å². The van der Waals surface area contributed by atoms with Crippen LogP contribution in [0.5, 0.6) is 5.75 Å². The van der Waals surface area contributed by atoms with E-state index in [1.165, 1.54) is 230 Å². The van der Waals surface area contributed by atoms with E-state index in [0.717, 1.165) is 58.7 Å². The Labute approximate surface area is 386 Å². The molecule has 4 heteroatoms. The first-order valence-electron chi connectivity index (χ1n) is 26.8. The molecule has 0 aliphatic heterocycles. The van der Waals surface area contributed by atoms with Crippen LogP contribution in [0.3, 0.4) is 0 Å². The van der Waals surface area contributed by atoms with Gasteiger partial charge in [-0.05, 0) is 49.1 Å². The molecule has 346 valence electrons. The van der Waals surface area contributed by atoms with E-state index in [4.69, 9.17) is 14.7 Å². The van der Waals surface area contributed by atoms with Crippen molar-refractivity contribution in [2.45, 2.75) is 251 Å². The summed E-state index contributed by atoms with van der Waals surface area (Å²) in [4.78, 5) is 10.3. The summed E-state index contributed by atoms with van der Waals surface area (Å²) in [6.45, 7) is 5.39. The fourth-order valence-electron chi connectivity index (χ4n) is 9.16. The third-order valence-electron chi connectivity index (χ3n) is 13.3. The molecule has 0 saturated heterocycles. The lowest BCUT2D eigenvalue weighted by Gasteiger charge is -2.11. The normalized spacial score (nSPS) is 11.6. The van der Waals surface area contributed by atoms with Crippen molar-refractivity contribution in [3.63, 3.8) is 0 Å². The van der Waals surface area contributed by atoms with E-state index in [1.807, 2.05) is 0 Å². The second-order valence-electron chi connectivity index (χ2n) is 18.9. The Morgan fingerprint density at radius 3 is 1.02 bits per heavy atom. The van der Waals surface area contributed by atoms with E-state index < -0.39 is 0 Å². The average Bonchev–Trinajstić information content (AvgIpc) is 3.77. The molecule has 0 aliphatic rings. The number of hydrogen-bond acceptors (Lipinski definition) is 4. The van der Waals surface area contributed by atoms with Gasteiger partial charge in [0, 0.05) is 21.9 Å². The lowest BCUT2D eigenvalue weighted by molar-refractivity contribution is 0.304. The summed E-state index contributed by atoms with van der Waals surface area (Å²) in [6.07, 6.45) is 51.9. The van der Waals surface area contributed by atoms with E-state index in [0.29, 0.717) is 0 Å². The smallest absolute Gasteiger partial charge is 0.119 e. The van der Waals surface area contributed by atoms with Crippen LogP contribution in [0.1, 0.15) is 251 Å². The maximum absolute atomic E-state index is 6.18. The lowest BCUT2D eigenvalue weighted by Crippen LogP contribution is -1.98. The molecule has 62 heavy (non-hydrogen) atoms. The minimum absolute atomic E-state index is 0.788. The van der Waals surface area contributed by atoms with Crippen molar-refractivity contribution in [3.05, 3.63) is 64.9 Å². The van der Waals surface area contributed by atoms with Gasteiger partial charge in [-0.15, -0.1) is 11.3 Å². The number of ether oxygens (including phenoxy) is 1. The Morgan fingerprint density at radius 1 is 0.355 bits per heavy atom. The van der Waals surface area contributed by atoms with Crippen molar-refractivity contribution < 1.29 is 4.74 Å². The van der Waals surface area contributed by atoms with Crippen LogP contribution in [0.15, 0.2) is 59.3 Å². The van der Waals surface area contributed by atoms with Crippen LogP contribution in [0, 0.1) is 0 Å². The monoisotopic (exact) mass is 865 g/mol. The topological polar surface area (TPSA) is 35.0 Å². The van der Waals surface area contributed by atoms with Crippen LogP contribution >= 0.6 is 11.3 Å². The van der Waals surface area contributed by atoms with Gasteiger partial charge in [-0.2, -0.15) is 0 Å². The first-order chi connectivity index (χ1) is 30.8. The number of aryl methyl sites for hydroxylation is 1. The summed E-state index contributed by atoms with van der Waals surface area (Å²) >= 11 is 1.67. The van der Waals surface area contributed by atoms with Crippen molar-refractivity contribution in [1.82, 2.24) is 9.97 Å². The predicted molar refractivity (Wildman–Crippen MR) is 275 cm³/mol. The van der Waals surface area contributed by atoms with Crippen LogP contribution in [0.25, 0.3) is 33.5 Å². The third-order valence-corrected chi connectivity index (χ3v) is 14.0. The number of aromatic nitrogens is 2. The largest absolute Gasteiger partial charge is 0.494 e. The molecule has 4 rings (SSSR count). The number of benzene rings is 2. The molecule has 0 saturated carbocycles. The van der Waals surface area contributed by atoms with E-state index in [-0.39, 0.29) is 0 Å². The zero-order chi connectivity index (χ0) is 43.4. The molecule has 0 aliphatic carbocycles. The molecule has 2 heterocycles. The van der Waals surface area contributed by atoms with Crippen LogP contribution in [0.2, 0.25) is 0 Å².